The average molecular weight is 481 g/mol. The van der Waals surface area contributed by atoms with Gasteiger partial charge in [-0.3, -0.25) is 9.59 Å². The van der Waals surface area contributed by atoms with Gasteiger partial charge in [-0.15, -0.1) is 0 Å². The van der Waals surface area contributed by atoms with Crippen molar-refractivity contribution in [3.05, 3.63) is 52.9 Å². The number of hydrogen-bond donors (Lipinski definition) is 0. The summed E-state index contributed by atoms with van der Waals surface area (Å²) >= 11 is 0. The predicted molar refractivity (Wildman–Crippen MR) is 115 cm³/mol. The number of sulfonamides is 1. The molecule has 0 spiro atoms. The van der Waals surface area contributed by atoms with Crippen molar-refractivity contribution >= 4 is 21.8 Å². The molecule has 0 bridgehead atoms. The molecular weight excluding hydrogens is 454 g/mol. The van der Waals surface area contributed by atoms with Crippen LogP contribution in [0.5, 0.6) is 0 Å². The zero-order valence-corrected chi connectivity index (χ0v) is 19.3. The summed E-state index contributed by atoms with van der Waals surface area (Å²) in [5.74, 6) is -3.70. The summed E-state index contributed by atoms with van der Waals surface area (Å²) in [6.45, 7) is 3.57. The number of ketones is 1. The third-order valence-corrected chi connectivity index (χ3v) is 8.25. The van der Waals surface area contributed by atoms with E-state index in [0.717, 1.165) is 40.7 Å². The lowest BCUT2D eigenvalue weighted by Gasteiger charge is -2.30. The van der Waals surface area contributed by atoms with Crippen LogP contribution in [0.1, 0.15) is 53.5 Å². The molecule has 7 nitrogen and oxygen atoms in total. The van der Waals surface area contributed by atoms with Crippen LogP contribution in [0.2, 0.25) is 0 Å². The van der Waals surface area contributed by atoms with Crippen LogP contribution in [0, 0.1) is 31.4 Å². The predicted octanol–water partition coefficient (Wildman–Crippen LogP) is 3.54. The second-order valence-corrected chi connectivity index (χ2v) is 10.6. The number of hydrogen-bond acceptors (Lipinski definition) is 5. The summed E-state index contributed by atoms with van der Waals surface area (Å²) < 4.78 is 60.5. The van der Waals surface area contributed by atoms with Gasteiger partial charge in [0, 0.05) is 36.1 Å². The molecule has 4 rings (SSSR count). The maximum Gasteiger partial charge on any atom is 0.309 e. The van der Waals surface area contributed by atoms with Gasteiger partial charge in [0.1, 0.15) is 0 Å². The number of piperidine rings is 1. The van der Waals surface area contributed by atoms with Crippen LogP contribution in [0.25, 0.3) is 0 Å². The summed E-state index contributed by atoms with van der Waals surface area (Å²) in [5, 5.41) is 0. The molecule has 33 heavy (non-hydrogen) atoms. The number of aromatic nitrogens is 1. The van der Waals surface area contributed by atoms with E-state index in [0.29, 0.717) is 17.7 Å². The lowest BCUT2D eigenvalue weighted by atomic mass is 9.98. The van der Waals surface area contributed by atoms with Gasteiger partial charge in [-0.25, -0.2) is 17.2 Å². The smallest absolute Gasteiger partial charge is 0.309 e. The summed E-state index contributed by atoms with van der Waals surface area (Å²) in [5.41, 5.74) is 2.45. The fourth-order valence-electron chi connectivity index (χ4n) is 4.40. The minimum Gasteiger partial charge on any atom is -0.457 e. The van der Waals surface area contributed by atoms with Crippen molar-refractivity contribution in [1.82, 2.24) is 8.87 Å². The summed E-state index contributed by atoms with van der Waals surface area (Å²) in [6.07, 6.45) is 2.63. The lowest BCUT2D eigenvalue weighted by Crippen LogP contribution is -2.40. The van der Waals surface area contributed by atoms with Crippen LogP contribution in [0.3, 0.4) is 0 Å². The Morgan fingerprint density at radius 1 is 1.03 bits per heavy atom. The lowest BCUT2D eigenvalue weighted by molar-refractivity contribution is -0.148. The molecule has 178 valence electrons. The first-order valence-corrected chi connectivity index (χ1v) is 12.4. The molecule has 1 aliphatic heterocycles. The Balaban J connectivity index is 1.32. The van der Waals surface area contributed by atoms with Gasteiger partial charge in [-0.05, 0) is 63.8 Å². The van der Waals surface area contributed by atoms with Gasteiger partial charge in [0.2, 0.25) is 15.8 Å². The number of ether oxygens (including phenoxy) is 1. The molecule has 1 aliphatic carbocycles. The van der Waals surface area contributed by atoms with E-state index >= 15 is 0 Å². The van der Waals surface area contributed by atoms with Crippen molar-refractivity contribution in [2.45, 2.75) is 50.5 Å². The molecule has 2 aliphatic rings. The highest BCUT2D eigenvalue weighted by molar-refractivity contribution is 7.89. The minimum atomic E-state index is -4.00. The van der Waals surface area contributed by atoms with Gasteiger partial charge in [-0.2, -0.15) is 4.31 Å². The molecular formula is C23H26F2N2O5S. The van der Waals surface area contributed by atoms with E-state index in [1.807, 2.05) is 19.9 Å². The summed E-state index contributed by atoms with van der Waals surface area (Å²) in [7, 11) is -4.00. The Hall–Kier alpha value is -2.59. The monoisotopic (exact) mass is 480 g/mol. The molecule has 2 heterocycles. The number of benzene rings is 1. The Kier molecular flexibility index (Phi) is 6.41. The first-order valence-electron chi connectivity index (χ1n) is 10.9. The Labute approximate surface area is 191 Å². The van der Waals surface area contributed by atoms with Crippen LogP contribution in [-0.4, -0.2) is 48.7 Å². The quantitative estimate of drug-likeness (QED) is 0.447. The van der Waals surface area contributed by atoms with E-state index < -0.39 is 33.5 Å². The van der Waals surface area contributed by atoms with Gasteiger partial charge >= 0.3 is 5.97 Å². The van der Waals surface area contributed by atoms with E-state index in [2.05, 4.69) is 4.57 Å². The number of aryl methyl sites for hydroxylation is 1. The van der Waals surface area contributed by atoms with E-state index in [-0.39, 0.29) is 43.2 Å². The normalized spacial score (nSPS) is 17.8. The third-order valence-electron chi connectivity index (χ3n) is 6.36. The molecule has 1 aromatic heterocycles. The molecule has 2 aromatic rings. The largest absolute Gasteiger partial charge is 0.457 e. The first-order chi connectivity index (χ1) is 15.6. The van der Waals surface area contributed by atoms with Gasteiger partial charge in [-0.1, -0.05) is 0 Å². The molecule has 0 unspecified atom stereocenters. The van der Waals surface area contributed by atoms with Gasteiger partial charge in [0.25, 0.3) is 0 Å². The standard InChI is InChI=1S/C23H26F2N2O5S/c1-14-11-19(15(2)27(14)17-3-4-17)22(28)13-32-23(29)16-7-9-26(10-8-16)33(30,31)18-5-6-20(24)21(25)12-18/h5-6,11-12,16-17H,3-4,7-10,13H2,1-2H3. The molecule has 2 fully saturated rings. The molecule has 0 N–H and O–H groups in total. The van der Waals surface area contributed by atoms with E-state index in [4.69, 9.17) is 4.74 Å². The van der Waals surface area contributed by atoms with Crippen molar-refractivity contribution < 1.29 is 31.5 Å². The number of carbonyl (C=O) groups excluding carboxylic acids is 2. The first kappa shape index (κ1) is 23.6. The molecule has 1 aromatic carbocycles. The Morgan fingerprint density at radius 3 is 2.30 bits per heavy atom. The number of rotatable bonds is 7. The van der Waals surface area contributed by atoms with Crippen molar-refractivity contribution in [2.24, 2.45) is 5.92 Å². The van der Waals surface area contributed by atoms with Crippen molar-refractivity contribution in [2.75, 3.05) is 19.7 Å². The third kappa shape index (κ3) is 4.72. The maximum atomic E-state index is 13.5. The molecule has 1 saturated heterocycles. The highest BCUT2D eigenvalue weighted by Gasteiger charge is 2.34. The summed E-state index contributed by atoms with van der Waals surface area (Å²) in [4.78, 5) is 24.8. The van der Waals surface area contributed by atoms with Crippen LogP contribution in [0.4, 0.5) is 8.78 Å². The number of halogens is 2. The van der Waals surface area contributed by atoms with E-state index in [9.17, 15) is 26.8 Å². The zero-order chi connectivity index (χ0) is 23.9. The van der Waals surface area contributed by atoms with Crippen molar-refractivity contribution in [3.63, 3.8) is 0 Å². The molecule has 0 amide bonds. The Morgan fingerprint density at radius 2 is 1.70 bits per heavy atom. The highest BCUT2D eigenvalue weighted by Crippen LogP contribution is 2.38. The number of Topliss-reactive ketones (excluding diaryl/α,β-unsaturated/α-hetero) is 1. The minimum absolute atomic E-state index is 0.0393. The van der Waals surface area contributed by atoms with Crippen LogP contribution in [0.15, 0.2) is 29.2 Å². The summed E-state index contributed by atoms with van der Waals surface area (Å²) in [6, 6.07) is 4.70. The van der Waals surface area contributed by atoms with Crippen molar-refractivity contribution in [3.8, 4) is 0 Å². The molecule has 1 saturated carbocycles. The Bertz CT molecular complexity index is 1200. The van der Waals surface area contributed by atoms with Crippen LogP contribution < -0.4 is 0 Å². The van der Waals surface area contributed by atoms with Gasteiger partial charge < -0.3 is 9.30 Å². The highest BCUT2D eigenvalue weighted by atomic mass is 32.2. The van der Waals surface area contributed by atoms with E-state index in [1.54, 1.807) is 0 Å². The number of nitrogens with zero attached hydrogens (tertiary/aromatic N) is 2. The molecule has 0 atom stereocenters. The maximum absolute atomic E-state index is 13.5. The number of carbonyl (C=O) groups is 2. The van der Waals surface area contributed by atoms with Crippen molar-refractivity contribution in [1.29, 1.82) is 0 Å². The van der Waals surface area contributed by atoms with Crippen LogP contribution in [-0.2, 0) is 19.6 Å². The second kappa shape index (κ2) is 8.98. The number of esters is 1. The zero-order valence-electron chi connectivity index (χ0n) is 18.5. The topological polar surface area (TPSA) is 85.7 Å². The second-order valence-electron chi connectivity index (χ2n) is 8.67. The van der Waals surface area contributed by atoms with E-state index in [1.165, 1.54) is 0 Å². The van der Waals surface area contributed by atoms with Crippen LogP contribution >= 0.6 is 0 Å². The van der Waals surface area contributed by atoms with Gasteiger partial charge in [0.15, 0.2) is 18.2 Å². The average Bonchev–Trinajstić information content (AvgIpc) is 3.57. The SMILES string of the molecule is Cc1cc(C(=O)COC(=O)C2CCN(S(=O)(=O)c3ccc(F)c(F)c3)CC2)c(C)n1C1CC1. The van der Waals surface area contributed by atoms with Gasteiger partial charge in [0.05, 0.1) is 10.8 Å². The fourth-order valence-corrected chi connectivity index (χ4v) is 5.89. The molecule has 0 radical (unpaired) electrons. The fraction of sp³-hybridized carbons (Fsp3) is 0.478. The molecule has 10 heteroatoms.